The number of carbonyl (C=O) groups is 1. The lowest BCUT2D eigenvalue weighted by molar-refractivity contribution is -0.116. The molecule has 0 aliphatic rings. The molecule has 0 aliphatic carbocycles. The highest BCUT2D eigenvalue weighted by Gasteiger charge is 2.18. The van der Waals surface area contributed by atoms with Crippen molar-refractivity contribution in [3.05, 3.63) is 59.7 Å². The van der Waals surface area contributed by atoms with E-state index in [0.717, 1.165) is 11.3 Å². The molecule has 0 saturated heterocycles. The summed E-state index contributed by atoms with van der Waals surface area (Å²) in [5, 5.41) is 9.86. The van der Waals surface area contributed by atoms with Gasteiger partial charge in [-0.05, 0) is 24.6 Å². The van der Waals surface area contributed by atoms with Crippen molar-refractivity contribution in [1.29, 1.82) is 0 Å². The Morgan fingerprint density at radius 2 is 1.80 bits per heavy atom. The SMILES string of the molecule is Cc1ccccc1N(Cc1ccccc1O)C(=O)CCl. The van der Waals surface area contributed by atoms with Crippen molar-refractivity contribution in [3.63, 3.8) is 0 Å². The summed E-state index contributed by atoms with van der Waals surface area (Å²) in [5.41, 5.74) is 2.48. The number of carbonyl (C=O) groups excluding carboxylic acids is 1. The van der Waals surface area contributed by atoms with Crippen LogP contribution in [0.1, 0.15) is 11.1 Å². The van der Waals surface area contributed by atoms with E-state index in [0.29, 0.717) is 12.1 Å². The Kier molecular flexibility index (Phi) is 4.64. The van der Waals surface area contributed by atoms with Crippen LogP contribution in [0.15, 0.2) is 48.5 Å². The molecule has 1 N–H and O–H groups in total. The van der Waals surface area contributed by atoms with Crippen LogP contribution in [0.25, 0.3) is 0 Å². The van der Waals surface area contributed by atoms with E-state index in [1.807, 2.05) is 37.3 Å². The van der Waals surface area contributed by atoms with Gasteiger partial charge in [-0.1, -0.05) is 36.4 Å². The van der Waals surface area contributed by atoms with Gasteiger partial charge >= 0.3 is 0 Å². The Morgan fingerprint density at radius 1 is 1.15 bits per heavy atom. The number of nitrogens with zero attached hydrogens (tertiary/aromatic N) is 1. The highest BCUT2D eigenvalue weighted by molar-refractivity contribution is 6.29. The molecule has 2 aromatic rings. The number of benzene rings is 2. The Bertz CT molecular complexity index is 613. The molecule has 104 valence electrons. The van der Waals surface area contributed by atoms with Crippen molar-refractivity contribution in [2.75, 3.05) is 10.8 Å². The number of hydrogen-bond donors (Lipinski definition) is 1. The molecule has 0 heterocycles. The summed E-state index contributed by atoms with van der Waals surface area (Å²) in [6.45, 7) is 2.23. The number of anilines is 1. The molecule has 4 heteroatoms. The maximum atomic E-state index is 12.1. The van der Waals surface area contributed by atoms with Gasteiger partial charge in [0.1, 0.15) is 11.6 Å². The monoisotopic (exact) mass is 289 g/mol. The normalized spacial score (nSPS) is 10.3. The molecule has 0 saturated carbocycles. The Labute approximate surface area is 123 Å². The summed E-state index contributed by atoms with van der Waals surface area (Å²) in [6.07, 6.45) is 0. The second-order valence-electron chi connectivity index (χ2n) is 4.53. The maximum Gasteiger partial charge on any atom is 0.242 e. The van der Waals surface area contributed by atoms with Crippen LogP contribution in [0.2, 0.25) is 0 Å². The zero-order valence-corrected chi connectivity index (χ0v) is 12.0. The van der Waals surface area contributed by atoms with Gasteiger partial charge in [-0.15, -0.1) is 11.6 Å². The fraction of sp³-hybridized carbons (Fsp3) is 0.188. The van der Waals surface area contributed by atoms with Gasteiger partial charge in [0.2, 0.25) is 5.91 Å². The molecule has 3 nitrogen and oxygen atoms in total. The van der Waals surface area contributed by atoms with Crippen molar-refractivity contribution in [2.24, 2.45) is 0 Å². The maximum absolute atomic E-state index is 12.1. The lowest BCUT2D eigenvalue weighted by Gasteiger charge is -2.24. The van der Waals surface area contributed by atoms with Crippen LogP contribution in [0.3, 0.4) is 0 Å². The number of aryl methyl sites for hydroxylation is 1. The number of aromatic hydroxyl groups is 1. The first-order chi connectivity index (χ1) is 9.63. The molecular weight excluding hydrogens is 274 g/mol. The number of alkyl halides is 1. The van der Waals surface area contributed by atoms with E-state index in [1.165, 1.54) is 0 Å². The predicted octanol–water partition coefficient (Wildman–Crippen LogP) is 3.47. The molecule has 0 radical (unpaired) electrons. The van der Waals surface area contributed by atoms with E-state index in [1.54, 1.807) is 23.1 Å². The van der Waals surface area contributed by atoms with E-state index in [4.69, 9.17) is 11.6 Å². The van der Waals surface area contributed by atoms with Crippen LogP contribution in [0.4, 0.5) is 5.69 Å². The summed E-state index contributed by atoms with van der Waals surface area (Å²) >= 11 is 5.70. The number of phenolic OH excluding ortho intramolecular Hbond substituents is 1. The van der Waals surface area contributed by atoms with Gasteiger partial charge in [0.25, 0.3) is 0 Å². The van der Waals surface area contributed by atoms with Gasteiger partial charge < -0.3 is 10.0 Å². The lowest BCUT2D eigenvalue weighted by Crippen LogP contribution is -2.31. The number of amides is 1. The summed E-state index contributed by atoms with van der Waals surface area (Å²) in [6, 6.07) is 14.6. The van der Waals surface area contributed by atoms with Gasteiger partial charge in [0.05, 0.1) is 6.54 Å². The number of phenols is 1. The first kappa shape index (κ1) is 14.4. The predicted molar refractivity (Wildman–Crippen MR) is 81.2 cm³/mol. The van der Waals surface area contributed by atoms with Crippen molar-refractivity contribution >= 4 is 23.2 Å². The minimum atomic E-state index is -0.191. The summed E-state index contributed by atoms with van der Waals surface area (Å²) < 4.78 is 0. The molecule has 0 aliphatic heterocycles. The van der Waals surface area contributed by atoms with Gasteiger partial charge in [-0.2, -0.15) is 0 Å². The van der Waals surface area contributed by atoms with Gasteiger partial charge in [-0.3, -0.25) is 4.79 Å². The molecule has 0 atom stereocenters. The van der Waals surface area contributed by atoms with Crippen LogP contribution in [-0.2, 0) is 11.3 Å². The second-order valence-corrected chi connectivity index (χ2v) is 4.80. The second kappa shape index (κ2) is 6.44. The van der Waals surface area contributed by atoms with Gasteiger partial charge in [-0.25, -0.2) is 0 Å². The van der Waals surface area contributed by atoms with Crippen molar-refractivity contribution in [3.8, 4) is 5.75 Å². The fourth-order valence-corrected chi connectivity index (χ4v) is 2.21. The average molecular weight is 290 g/mol. The molecule has 0 bridgehead atoms. The molecule has 0 unspecified atom stereocenters. The molecule has 1 amide bonds. The molecule has 0 fully saturated rings. The molecule has 0 aromatic heterocycles. The third-order valence-corrected chi connectivity index (χ3v) is 3.37. The zero-order chi connectivity index (χ0) is 14.5. The first-order valence-corrected chi connectivity index (χ1v) is 6.85. The molecular formula is C16H16ClNO2. The Balaban J connectivity index is 2.37. The average Bonchev–Trinajstić information content (AvgIpc) is 2.47. The van der Waals surface area contributed by atoms with E-state index >= 15 is 0 Å². The molecule has 0 spiro atoms. The number of rotatable bonds is 4. The van der Waals surface area contributed by atoms with E-state index in [9.17, 15) is 9.90 Å². The number of halogens is 1. The van der Waals surface area contributed by atoms with Gasteiger partial charge in [0.15, 0.2) is 0 Å². The largest absolute Gasteiger partial charge is 0.508 e. The van der Waals surface area contributed by atoms with Crippen molar-refractivity contribution in [2.45, 2.75) is 13.5 Å². The van der Waals surface area contributed by atoms with Crippen molar-refractivity contribution < 1.29 is 9.90 Å². The van der Waals surface area contributed by atoms with Gasteiger partial charge in [0, 0.05) is 11.3 Å². The quantitative estimate of drug-likeness (QED) is 0.876. The molecule has 2 aromatic carbocycles. The standard InChI is InChI=1S/C16H16ClNO2/c1-12-6-2-4-8-14(12)18(16(20)10-17)11-13-7-3-5-9-15(13)19/h2-9,19H,10-11H2,1H3. The van der Waals surface area contributed by atoms with Crippen LogP contribution in [0, 0.1) is 6.92 Å². The Morgan fingerprint density at radius 3 is 2.45 bits per heavy atom. The van der Waals surface area contributed by atoms with Crippen LogP contribution in [-0.4, -0.2) is 16.9 Å². The zero-order valence-electron chi connectivity index (χ0n) is 11.2. The highest BCUT2D eigenvalue weighted by atomic mass is 35.5. The summed E-state index contributed by atoms with van der Waals surface area (Å²) in [7, 11) is 0. The first-order valence-electron chi connectivity index (χ1n) is 6.32. The number of para-hydroxylation sites is 2. The summed E-state index contributed by atoms with van der Waals surface area (Å²) in [5.74, 6) is -0.111. The van der Waals surface area contributed by atoms with Crippen LogP contribution < -0.4 is 4.90 Å². The molecule has 20 heavy (non-hydrogen) atoms. The van der Waals surface area contributed by atoms with Crippen LogP contribution in [0.5, 0.6) is 5.75 Å². The van der Waals surface area contributed by atoms with Crippen LogP contribution >= 0.6 is 11.6 Å². The smallest absolute Gasteiger partial charge is 0.242 e. The third kappa shape index (κ3) is 3.11. The van der Waals surface area contributed by atoms with E-state index < -0.39 is 0 Å². The number of hydrogen-bond acceptors (Lipinski definition) is 2. The van der Waals surface area contributed by atoms with E-state index in [2.05, 4.69) is 0 Å². The Hall–Kier alpha value is -2.00. The van der Waals surface area contributed by atoms with E-state index in [-0.39, 0.29) is 17.5 Å². The summed E-state index contributed by atoms with van der Waals surface area (Å²) in [4.78, 5) is 13.7. The minimum Gasteiger partial charge on any atom is -0.508 e. The topological polar surface area (TPSA) is 40.5 Å². The third-order valence-electron chi connectivity index (χ3n) is 3.14. The molecule has 2 rings (SSSR count). The minimum absolute atomic E-state index is 0.0953. The lowest BCUT2D eigenvalue weighted by atomic mass is 10.1. The fourth-order valence-electron chi connectivity index (χ4n) is 2.06. The highest BCUT2D eigenvalue weighted by Crippen LogP contribution is 2.25. The van der Waals surface area contributed by atoms with Crippen molar-refractivity contribution in [1.82, 2.24) is 0 Å².